The monoisotopic (exact) mass is 307 g/mol. The van der Waals surface area contributed by atoms with Gasteiger partial charge in [0, 0.05) is 0 Å². The van der Waals surface area contributed by atoms with Crippen molar-refractivity contribution in [3.8, 4) is 11.7 Å². The third-order valence-electron chi connectivity index (χ3n) is 2.45. The molecule has 1 aromatic carbocycles. The van der Waals surface area contributed by atoms with Crippen LogP contribution in [0.5, 0.6) is 6.01 Å². The van der Waals surface area contributed by atoms with Gasteiger partial charge in [0.2, 0.25) is 0 Å². The van der Waals surface area contributed by atoms with Gasteiger partial charge < -0.3 is 4.18 Å². The molecule has 0 aliphatic rings. The molecule has 20 heavy (non-hydrogen) atoms. The van der Waals surface area contributed by atoms with Crippen LogP contribution < -0.4 is 8.75 Å². The van der Waals surface area contributed by atoms with Crippen LogP contribution in [0.15, 0.2) is 42.7 Å². The number of imidazole rings is 1. The summed E-state index contributed by atoms with van der Waals surface area (Å²) < 4.78 is 65.8. The summed E-state index contributed by atoms with van der Waals surface area (Å²) in [6.07, 6.45) is 2.78. The maximum absolute atomic E-state index is 12.4. The fourth-order valence-corrected chi connectivity index (χ4v) is 1.98. The molecule has 108 valence electrons. The van der Waals surface area contributed by atoms with Gasteiger partial charge in [0.15, 0.2) is 0 Å². The number of hydrogen-bond donors (Lipinski definition) is 0. The van der Waals surface area contributed by atoms with Crippen molar-refractivity contribution in [3.05, 3.63) is 42.7 Å². The smallest absolute Gasteiger partial charge is 0.301 e. The van der Waals surface area contributed by atoms with E-state index in [0.717, 1.165) is 4.57 Å². The van der Waals surface area contributed by atoms with Crippen molar-refractivity contribution in [2.24, 2.45) is 7.05 Å². The topological polar surface area (TPSA) is 52.2 Å². The minimum Gasteiger partial charge on any atom is -0.301 e. The first-order valence-electron chi connectivity index (χ1n) is 5.35. The van der Waals surface area contributed by atoms with Crippen molar-refractivity contribution < 1.29 is 30.3 Å². The number of aryl methyl sites for hydroxylation is 1. The van der Waals surface area contributed by atoms with Gasteiger partial charge in [0.1, 0.15) is 18.1 Å². The Morgan fingerprint density at radius 1 is 1.20 bits per heavy atom. The van der Waals surface area contributed by atoms with E-state index in [1.54, 1.807) is 30.3 Å². The highest BCUT2D eigenvalue weighted by Crippen LogP contribution is 2.26. The number of halogens is 3. The number of benzene rings is 1. The molecular formula is C11H10F3N2O3S+. The van der Waals surface area contributed by atoms with E-state index >= 15 is 0 Å². The van der Waals surface area contributed by atoms with E-state index in [4.69, 9.17) is 0 Å². The second-order valence-corrected chi connectivity index (χ2v) is 5.42. The van der Waals surface area contributed by atoms with Gasteiger partial charge in [0.05, 0.1) is 7.05 Å². The van der Waals surface area contributed by atoms with Crippen LogP contribution in [0.4, 0.5) is 13.2 Å². The van der Waals surface area contributed by atoms with Crippen molar-refractivity contribution in [1.82, 2.24) is 4.57 Å². The second-order valence-electron chi connectivity index (χ2n) is 3.88. The first-order chi connectivity index (χ1) is 9.22. The van der Waals surface area contributed by atoms with Crippen LogP contribution in [0.25, 0.3) is 5.69 Å². The molecular weight excluding hydrogens is 297 g/mol. The van der Waals surface area contributed by atoms with Crippen molar-refractivity contribution in [2.75, 3.05) is 0 Å². The zero-order valence-corrected chi connectivity index (χ0v) is 11.0. The average molecular weight is 307 g/mol. The van der Waals surface area contributed by atoms with E-state index in [1.165, 1.54) is 24.0 Å². The molecule has 9 heteroatoms. The summed E-state index contributed by atoms with van der Waals surface area (Å²) in [5.41, 5.74) is -5.01. The standard InChI is InChI=1S/C11H10F3N2O3S/c1-15-7-8-16(9-5-3-2-4-6-9)10(15)19-20(17,18)11(12,13)14/h2-8H,1H3/q+1. The normalized spacial score (nSPS) is 12.4. The molecule has 0 bridgehead atoms. The minimum atomic E-state index is -5.72. The molecule has 0 spiro atoms. The highest BCUT2D eigenvalue weighted by molar-refractivity contribution is 7.87. The van der Waals surface area contributed by atoms with E-state index in [9.17, 15) is 21.6 Å². The summed E-state index contributed by atoms with van der Waals surface area (Å²) in [5.74, 6) is 0. The van der Waals surface area contributed by atoms with Crippen LogP contribution in [-0.2, 0) is 17.2 Å². The molecule has 2 aromatic rings. The van der Waals surface area contributed by atoms with Crippen molar-refractivity contribution in [3.63, 3.8) is 0 Å². The number of nitrogens with zero attached hydrogens (tertiary/aromatic N) is 2. The van der Waals surface area contributed by atoms with Crippen molar-refractivity contribution in [1.29, 1.82) is 0 Å². The van der Waals surface area contributed by atoms with Crippen LogP contribution in [0, 0.1) is 0 Å². The quantitative estimate of drug-likeness (QED) is 0.491. The fourth-order valence-electron chi connectivity index (χ4n) is 1.49. The molecule has 0 saturated heterocycles. The lowest BCUT2D eigenvalue weighted by Gasteiger charge is -2.07. The largest absolute Gasteiger partial charge is 0.534 e. The number of hydrogen-bond acceptors (Lipinski definition) is 3. The van der Waals surface area contributed by atoms with Crippen LogP contribution in [-0.4, -0.2) is 18.5 Å². The Morgan fingerprint density at radius 3 is 2.35 bits per heavy atom. The lowest BCUT2D eigenvalue weighted by Crippen LogP contribution is -2.35. The van der Waals surface area contributed by atoms with E-state index in [2.05, 4.69) is 4.18 Å². The zero-order chi connectivity index (χ0) is 15.0. The Labute approximate surface area is 113 Å². The maximum atomic E-state index is 12.4. The maximum Gasteiger partial charge on any atom is 0.534 e. The lowest BCUT2D eigenvalue weighted by atomic mass is 10.3. The van der Waals surface area contributed by atoms with Gasteiger partial charge in [-0.2, -0.15) is 30.7 Å². The molecule has 1 heterocycles. The molecule has 0 radical (unpaired) electrons. The van der Waals surface area contributed by atoms with Crippen molar-refractivity contribution >= 4 is 10.1 Å². The van der Waals surface area contributed by atoms with Crippen molar-refractivity contribution in [2.45, 2.75) is 5.51 Å². The second kappa shape index (κ2) is 4.82. The van der Waals surface area contributed by atoms with E-state index in [-0.39, 0.29) is 0 Å². The molecule has 0 N–H and O–H groups in total. The Bertz CT molecular complexity index is 708. The summed E-state index contributed by atoms with van der Waals surface area (Å²) in [6.45, 7) is 0. The minimum absolute atomic E-state index is 0.464. The van der Waals surface area contributed by atoms with E-state index in [0.29, 0.717) is 5.69 Å². The van der Waals surface area contributed by atoms with Gasteiger partial charge in [-0.3, -0.25) is 0 Å². The van der Waals surface area contributed by atoms with Gasteiger partial charge >= 0.3 is 21.6 Å². The number of aromatic nitrogens is 2. The summed E-state index contributed by atoms with van der Waals surface area (Å²) >= 11 is 0. The average Bonchev–Trinajstić information content (AvgIpc) is 2.70. The molecule has 2 rings (SSSR count). The predicted molar refractivity (Wildman–Crippen MR) is 62.5 cm³/mol. The van der Waals surface area contributed by atoms with E-state index in [1.807, 2.05) is 0 Å². The Balaban J connectivity index is 2.47. The highest BCUT2D eigenvalue weighted by Gasteiger charge is 2.50. The lowest BCUT2D eigenvalue weighted by molar-refractivity contribution is -0.673. The van der Waals surface area contributed by atoms with Gasteiger partial charge in [0.25, 0.3) is 0 Å². The summed E-state index contributed by atoms with van der Waals surface area (Å²) in [6, 6.07) is 7.79. The van der Waals surface area contributed by atoms with Gasteiger partial charge in [-0.25, -0.2) is 0 Å². The molecule has 0 aliphatic carbocycles. The molecule has 0 unspecified atom stereocenters. The van der Waals surface area contributed by atoms with Gasteiger partial charge in [-0.1, -0.05) is 18.2 Å². The van der Waals surface area contributed by atoms with Crippen LogP contribution >= 0.6 is 0 Å². The Kier molecular flexibility index (Phi) is 3.46. The van der Waals surface area contributed by atoms with Gasteiger partial charge in [-0.15, -0.1) is 0 Å². The molecule has 0 saturated carbocycles. The fraction of sp³-hybridized carbons (Fsp3) is 0.182. The molecule has 0 aliphatic heterocycles. The molecule has 1 aromatic heterocycles. The summed E-state index contributed by atoms with van der Waals surface area (Å²) in [5, 5.41) is 0. The number of para-hydroxylation sites is 1. The van der Waals surface area contributed by atoms with Crippen LogP contribution in [0.1, 0.15) is 0 Å². The third kappa shape index (κ3) is 2.62. The highest BCUT2D eigenvalue weighted by atomic mass is 32.2. The van der Waals surface area contributed by atoms with Gasteiger partial charge in [-0.05, 0) is 12.1 Å². The van der Waals surface area contributed by atoms with E-state index < -0.39 is 21.6 Å². The first kappa shape index (κ1) is 14.4. The first-order valence-corrected chi connectivity index (χ1v) is 6.76. The van der Waals surface area contributed by atoms with Crippen LogP contribution in [0.2, 0.25) is 0 Å². The molecule has 0 atom stereocenters. The SMILES string of the molecule is C[n+]1ccn(-c2ccccc2)c1OS(=O)(=O)C(F)(F)F. The summed E-state index contributed by atoms with van der Waals surface area (Å²) in [7, 11) is -4.34. The Morgan fingerprint density at radius 2 is 1.80 bits per heavy atom. The molecule has 0 amide bonds. The Hall–Kier alpha value is -2.03. The number of rotatable bonds is 3. The molecule has 5 nitrogen and oxygen atoms in total. The summed E-state index contributed by atoms with van der Waals surface area (Å²) in [4.78, 5) is 0. The molecule has 0 fully saturated rings. The third-order valence-corrected chi connectivity index (χ3v) is 3.38. The number of alkyl halides is 3. The zero-order valence-electron chi connectivity index (χ0n) is 10.2. The van der Waals surface area contributed by atoms with Crippen LogP contribution in [0.3, 0.4) is 0 Å². The predicted octanol–water partition coefficient (Wildman–Crippen LogP) is 1.53.